The van der Waals surface area contributed by atoms with Crippen molar-refractivity contribution in [3.05, 3.63) is 48.3 Å². The molecular weight excluding hydrogens is 397 g/mol. The van der Waals surface area contributed by atoms with Crippen LogP contribution in [0.15, 0.2) is 47.7 Å². The van der Waals surface area contributed by atoms with E-state index in [9.17, 15) is 13.2 Å². The molecule has 0 unspecified atom stereocenters. The summed E-state index contributed by atoms with van der Waals surface area (Å²) in [6.45, 7) is 5.07. The summed E-state index contributed by atoms with van der Waals surface area (Å²) in [6.07, 6.45) is -1.11. The summed E-state index contributed by atoms with van der Waals surface area (Å²) in [5.41, 5.74) is 0.789. The molecule has 1 saturated heterocycles. The molecule has 0 spiro atoms. The molecule has 0 aromatic carbocycles. The maximum Gasteiger partial charge on any atom is 0.422 e. The summed E-state index contributed by atoms with van der Waals surface area (Å²) in [7, 11) is 0. The average Bonchev–Trinajstić information content (AvgIpc) is 2.76. The lowest BCUT2D eigenvalue weighted by Gasteiger charge is -2.37. The number of pyridine rings is 2. The smallest absolute Gasteiger partial charge is 0.422 e. The van der Waals surface area contributed by atoms with Crippen molar-refractivity contribution in [1.82, 2.24) is 20.2 Å². The Bertz CT molecular complexity index is 806. The molecule has 1 fully saturated rings. The van der Waals surface area contributed by atoms with Crippen LogP contribution < -0.4 is 15.0 Å². The number of piperazine rings is 1. The van der Waals surface area contributed by atoms with Crippen LogP contribution in [0.25, 0.3) is 0 Å². The first-order chi connectivity index (χ1) is 14.4. The van der Waals surface area contributed by atoms with Gasteiger partial charge in [0.25, 0.3) is 0 Å². The molecule has 1 aliphatic rings. The summed E-state index contributed by atoms with van der Waals surface area (Å²) < 4.78 is 41.3. The second-order valence-electron chi connectivity index (χ2n) is 6.74. The number of ether oxygens (including phenoxy) is 1. The zero-order chi connectivity index (χ0) is 21.4. The third-order valence-corrected chi connectivity index (χ3v) is 4.48. The van der Waals surface area contributed by atoms with E-state index in [1.54, 1.807) is 12.3 Å². The van der Waals surface area contributed by atoms with Crippen molar-refractivity contribution >= 4 is 11.8 Å². The molecule has 10 heteroatoms. The monoisotopic (exact) mass is 422 g/mol. The first-order valence-electron chi connectivity index (χ1n) is 9.78. The number of hydrogen-bond donors (Lipinski definition) is 1. The Morgan fingerprint density at radius 1 is 1.13 bits per heavy atom. The van der Waals surface area contributed by atoms with Crippen LogP contribution in [0.3, 0.4) is 0 Å². The summed E-state index contributed by atoms with van der Waals surface area (Å²) in [5, 5.41) is 3.30. The van der Waals surface area contributed by atoms with E-state index in [2.05, 4.69) is 34.8 Å². The van der Waals surface area contributed by atoms with E-state index >= 15 is 0 Å². The minimum Gasteiger partial charge on any atom is -0.468 e. The fourth-order valence-electron chi connectivity index (χ4n) is 3.03. The Morgan fingerprint density at radius 3 is 2.53 bits per heavy atom. The second-order valence-corrected chi connectivity index (χ2v) is 6.74. The zero-order valence-electron chi connectivity index (χ0n) is 16.8. The van der Waals surface area contributed by atoms with E-state index in [-0.39, 0.29) is 5.88 Å². The average molecular weight is 422 g/mol. The Labute approximate surface area is 173 Å². The molecule has 1 aliphatic heterocycles. The molecule has 1 N–H and O–H groups in total. The first kappa shape index (κ1) is 21.7. The number of aromatic nitrogens is 2. The van der Waals surface area contributed by atoms with Crippen LogP contribution in [0.4, 0.5) is 19.0 Å². The number of nitrogens with one attached hydrogen (secondary N) is 1. The predicted octanol–water partition coefficient (Wildman–Crippen LogP) is 2.71. The van der Waals surface area contributed by atoms with Crippen molar-refractivity contribution in [2.24, 2.45) is 4.99 Å². The van der Waals surface area contributed by atoms with Crippen LogP contribution in [-0.2, 0) is 6.54 Å². The molecule has 3 rings (SSSR count). The minimum absolute atomic E-state index is 0.0578. The maximum atomic E-state index is 12.2. The van der Waals surface area contributed by atoms with Crippen LogP contribution in [0, 0.1) is 0 Å². The van der Waals surface area contributed by atoms with E-state index in [0.717, 1.165) is 50.1 Å². The molecule has 162 valence electrons. The lowest BCUT2D eigenvalue weighted by Crippen LogP contribution is -2.52. The second kappa shape index (κ2) is 10.1. The standard InChI is InChI=1S/C20H25F3N6O/c1-2-24-19(29-11-9-28(10-12-29)17-5-3-4-8-25-17)27-14-16-6-7-18(26-13-16)30-15-20(21,22)23/h3-8,13H,2,9-12,14-15H2,1H3,(H,24,27). The van der Waals surface area contributed by atoms with Crippen LogP contribution in [0.2, 0.25) is 0 Å². The fourth-order valence-corrected chi connectivity index (χ4v) is 3.03. The zero-order valence-corrected chi connectivity index (χ0v) is 16.8. The number of aliphatic imine (C=N–C) groups is 1. The Balaban J connectivity index is 1.56. The quantitative estimate of drug-likeness (QED) is 0.571. The van der Waals surface area contributed by atoms with Crippen LogP contribution in [0.5, 0.6) is 5.88 Å². The van der Waals surface area contributed by atoms with E-state index < -0.39 is 12.8 Å². The highest BCUT2D eigenvalue weighted by Crippen LogP contribution is 2.17. The van der Waals surface area contributed by atoms with Gasteiger partial charge in [-0.2, -0.15) is 13.2 Å². The summed E-state index contributed by atoms with van der Waals surface area (Å²) in [5.74, 6) is 1.71. The molecule has 2 aromatic rings. The Hall–Kier alpha value is -3.04. The fraction of sp³-hybridized carbons (Fsp3) is 0.450. The number of rotatable bonds is 6. The Kier molecular flexibility index (Phi) is 7.31. The SMILES string of the molecule is CCNC(=NCc1ccc(OCC(F)(F)F)nc1)N1CCN(c2ccccn2)CC1. The molecule has 2 aromatic heterocycles. The molecule has 0 saturated carbocycles. The summed E-state index contributed by atoms with van der Waals surface area (Å²) >= 11 is 0. The van der Waals surface area contributed by atoms with Crippen molar-refractivity contribution in [2.75, 3.05) is 44.2 Å². The van der Waals surface area contributed by atoms with Crippen LogP contribution in [-0.4, -0.2) is 66.3 Å². The van der Waals surface area contributed by atoms with Crippen LogP contribution in [0.1, 0.15) is 12.5 Å². The van der Waals surface area contributed by atoms with Crippen molar-refractivity contribution in [2.45, 2.75) is 19.6 Å². The van der Waals surface area contributed by atoms with E-state index in [4.69, 9.17) is 0 Å². The molecule has 30 heavy (non-hydrogen) atoms. The van der Waals surface area contributed by atoms with Crippen molar-refractivity contribution in [3.63, 3.8) is 0 Å². The highest BCUT2D eigenvalue weighted by molar-refractivity contribution is 5.80. The summed E-state index contributed by atoms with van der Waals surface area (Å²) in [6, 6.07) is 8.98. The van der Waals surface area contributed by atoms with Gasteiger partial charge in [0.1, 0.15) is 5.82 Å². The van der Waals surface area contributed by atoms with Gasteiger partial charge in [-0.3, -0.25) is 0 Å². The van der Waals surface area contributed by atoms with Gasteiger partial charge in [-0.15, -0.1) is 0 Å². The number of hydrogen-bond acceptors (Lipinski definition) is 5. The highest BCUT2D eigenvalue weighted by Gasteiger charge is 2.28. The number of anilines is 1. The third-order valence-electron chi connectivity index (χ3n) is 4.48. The van der Waals surface area contributed by atoms with Crippen LogP contribution >= 0.6 is 0 Å². The van der Waals surface area contributed by atoms with Crippen molar-refractivity contribution in [3.8, 4) is 5.88 Å². The number of guanidine groups is 1. The normalized spacial score (nSPS) is 15.3. The van der Waals surface area contributed by atoms with Gasteiger partial charge >= 0.3 is 6.18 Å². The van der Waals surface area contributed by atoms with Gasteiger partial charge in [0, 0.05) is 51.2 Å². The predicted molar refractivity (Wildman–Crippen MR) is 109 cm³/mol. The third kappa shape index (κ3) is 6.50. The molecular formula is C20H25F3N6O. The maximum absolute atomic E-state index is 12.2. The molecule has 7 nitrogen and oxygen atoms in total. The molecule has 0 amide bonds. The Morgan fingerprint density at radius 2 is 1.93 bits per heavy atom. The molecule has 0 bridgehead atoms. The largest absolute Gasteiger partial charge is 0.468 e. The lowest BCUT2D eigenvalue weighted by atomic mass is 10.3. The van der Waals surface area contributed by atoms with Gasteiger partial charge in [0.15, 0.2) is 12.6 Å². The van der Waals surface area contributed by atoms with E-state index in [0.29, 0.717) is 6.54 Å². The van der Waals surface area contributed by atoms with Gasteiger partial charge in [-0.05, 0) is 24.6 Å². The topological polar surface area (TPSA) is 65.9 Å². The minimum atomic E-state index is -4.38. The van der Waals surface area contributed by atoms with Crippen molar-refractivity contribution < 1.29 is 17.9 Å². The van der Waals surface area contributed by atoms with E-state index in [1.807, 2.05) is 25.1 Å². The number of alkyl halides is 3. The first-order valence-corrected chi connectivity index (χ1v) is 9.78. The number of nitrogens with zero attached hydrogens (tertiary/aromatic N) is 5. The number of halogens is 3. The highest BCUT2D eigenvalue weighted by atomic mass is 19.4. The van der Waals surface area contributed by atoms with Gasteiger partial charge in [-0.25, -0.2) is 15.0 Å². The van der Waals surface area contributed by atoms with E-state index in [1.165, 1.54) is 12.3 Å². The molecule has 3 heterocycles. The molecule has 0 aliphatic carbocycles. The summed E-state index contributed by atoms with van der Waals surface area (Å²) in [4.78, 5) is 17.4. The van der Waals surface area contributed by atoms with Gasteiger partial charge in [-0.1, -0.05) is 12.1 Å². The molecule has 0 atom stereocenters. The van der Waals surface area contributed by atoms with Crippen molar-refractivity contribution in [1.29, 1.82) is 0 Å². The lowest BCUT2D eigenvalue weighted by molar-refractivity contribution is -0.154. The van der Waals surface area contributed by atoms with Gasteiger partial charge in [0.2, 0.25) is 5.88 Å². The molecule has 0 radical (unpaired) electrons. The van der Waals surface area contributed by atoms with Gasteiger partial charge in [0.05, 0.1) is 6.54 Å². The van der Waals surface area contributed by atoms with Gasteiger partial charge < -0.3 is 19.9 Å².